The highest BCUT2D eigenvalue weighted by molar-refractivity contribution is 5.84. The molecule has 0 amide bonds. The molecule has 0 bridgehead atoms. The molecule has 2 nitrogen and oxygen atoms in total. The van der Waals surface area contributed by atoms with Crippen LogP contribution in [0.4, 0.5) is 0 Å². The van der Waals surface area contributed by atoms with Crippen molar-refractivity contribution in [3.63, 3.8) is 0 Å². The molecule has 2 aromatic rings. The van der Waals surface area contributed by atoms with Gasteiger partial charge in [-0.3, -0.25) is 0 Å². The van der Waals surface area contributed by atoms with Crippen molar-refractivity contribution in [1.29, 1.82) is 0 Å². The first-order valence-electron chi connectivity index (χ1n) is 9.31. The molecule has 0 unspecified atom stereocenters. The second kappa shape index (κ2) is 7.96. The Morgan fingerprint density at radius 2 is 1.11 bits per heavy atom. The molecule has 0 aliphatic heterocycles. The van der Waals surface area contributed by atoms with Crippen LogP contribution < -0.4 is 0 Å². The normalized spacial score (nSPS) is 12.2. The van der Waals surface area contributed by atoms with Crippen LogP contribution >= 0.6 is 0 Å². The first-order valence-corrected chi connectivity index (χ1v) is 9.31. The number of allylic oxidation sites excluding steroid dienone is 2. The van der Waals surface area contributed by atoms with E-state index in [0.717, 1.165) is 22.8 Å². The van der Waals surface area contributed by atoms with E-state index in [4.69, 9.17) is 5.11 Å². The van der Waals surface area contributed by atoms with Crippen LogP contribution in [0.1, 0.15) is 63.8 Å². The van der Waals surface area contributed by atoms with Crippen molar-refractivity contribution in [3.05, 3.63) is 89.0 Å². The van der Waals surface area contributed by atoms with Gasteiger partial charge in [0, 0.05) is 6.08 Å². The Morgan fingerprint density at radius 1 is 0.741 bits per heavy atom. The summed E-state index contributed by atoms with van der Waals surface area (Å²) in [6, 6.07) is 17.0. The summed E-state index contributed by atoms with van der Waals surface area (Å²) in [5.74, 6) is -0.947. The van der Waals surface area contributed by atoms with Gasteiger partial charge in [-0.25, -0.2) is 4.79 Å². The predicted molar refractivity (Wildman–Crippen MR) is 114 cm³/mol. The van der Waals surface area contributed by atoms with Crippen LogP contribution in [0.5, 0.6) is 0 Å². The van der Waals surface area contributed by atoms with Crippen molar-refractivity contribution in [2.75, 3.05) is 0 Å². The summed E-state index contributed by atoms with van der Waals surface area (Å²) < 4.78 is 0. The van der Waals surface area contributed by atoms with Crippen molar-refractivity contribution in [2.24, 2.45) is 0 Å². The molecule has 1 N–H and O–H groups in total. The molecule has 0 aliphatic rings. The van der Waals surface area contributed by atoms with Crippen LogP contribution in [0, 0.1) is 0 Å². The largest absolute Gasteiger partial charge is 0.478 e. The smallest absolute Gasteiger partial charge is 0.328 e. The topological polar surface area (TPSA) is 37.3 Å². The Morgan fingerprint density at radius 3 is 1.41 bits per heavy atom. The van der Waals surface area contributed by atoms with Crippen molar-refractivity contribution >= 4 is 11.5 Å². The van der Waals surface area contributed by atoms with Crippen molar-refractivity contribution < 1.29 is 9.90 Å². The summed E-state index contributed by atoms with van der Waals surface area (Å²) in [4.78, 5) is 10.8. The van der Waals surface area contributed by atoms with Gasteiger partial charge in [-0.15, -0.1) is 0 Å². The molecule has 0 aromatic heterocycles. The third-order valence-electron chi connectivity index (χ3n) is 4.63. The van der Waals surface area contributed by atoms with Crippen LogP contribution in [0.2, 0.25) is 0 Å². The summed E-state index contributed by atoms with van der Waals surface area (Å²) in [6.07, 6.45) is 4.62. The Labute approximate surface area is 163 Å². The lowest BCUT2D eigenvalue weighted by Gasteiger charge is -2.21. The van der Waals surface area contributed by atoms with Crippen molar-refractivity contribution in [1.82, 2.24) is 0 Å². The first-order chi connectivity index (χ1) is 12.5. The fourth-order valence-corrected chi connectivity index (χ4v) is 2.89. The zero-order valence-corrected chi connectivity index (χ0v) is 17.2. The van der Waals surface area contributed by atoms with Gasteiger partial charge in [0.15, 0.2) is 0 Å². The molecular weight excluding hydrogens is 332 g/mol. The number of carboxylic acid groups (broad SMARTS) is 1. The van der Waals surface area contributed by atoms with Gasteiger partial charge in [0.05, 0.1) is 0 Å². The summed E-state index contributed by atoms with van der Waals surface area (Å²) in [5.41, 5.74) is 5.89. The predicted octanol–water partition coefficient (Wildman–Crippen LogP) is 6.35. The fourth-order valence-electron chi connectivity index (χ4n) is 2.89. The van der Waals surface area contributed by atoms with E-state index in [0.29, 0.717) is 0 Å². The molecule has 0 atom stereocenters. The summed E-state index contributed by atoms with van der Waals surface area (Å²) in [5, 5.41) is 8.90. The van der Waals surface area contributed by atoms with Gasteiger partial charge in [-0.1, -0.05) is 102 Å². The van der Waals surface area contributed by atoms with E-state index in [-0.39, 0.29) is 10.8 Å². The average Bonchev–Trinajstić information content (AvgIpc) is 2.57. The lowest BCUT2D eigenvalue weighted by Crippen LogP contribution is -2.11. The molecule has 0 radical (unpaired) electrons. The molecule has 27 heavy (non-hydrogen) atoms. The van der Waals surface area contributed by atoms with E-state index in [1.54, 1.807) is 6.08 Å². The molecule has 0 fully saturated rings. The highest BCUT2D eigenvalue weighted by Gasteiger charge is 2.15. The summed E-state index contributed by atoms with van der Waals surface area (Å²) in [6.45, 7) is 13.2. The Balaban J connectivity index is 2.47. The monoisotopic (exact) mass is 362 g/mol. The number of carbonyl (C=O) groups is 1. The first kappa shape index (κ1) is 20.7. The Bertz CT molecular complexity index is 778. The van der Waals surface area contributed by atoms with Crippen LogP contribution in [-0.4, -0.2) is 11.1 Å². The minimum atomic E-state index is -0.947. The maximum Gasteiger partial charge on any atom is 0.328 e. The van der Waals surface area contributed by atoms with Gasteiger partial charge in [0.1, 0.15) is 0 Å². The summed E-state index contributed by atoms with van der Waals surface area (Å²) in [7, 11) is 0. The number of benzene rings is 2. The third kappa shape index (κ3) is 5.68. The zero-order chi connectivity index (χ0) is 20.2. The Hall–Kier alpha value is -2.61. The lowest BCUT2D eigenvalue weighted by molar-refractivity contribution is -0.131. The van der Waals surface area contributed by atoms with Gasteiger partial charge < -0.3 is 5.11 Å². The third-order valence-corrected chi connectivity index (χ3v) is 4.63. The second-order valence-corrected chi connectivity index (χ2v) is 8.93. The van der Waals surface area contributed by atoms with Crippen molar-refractivity contribution in [2.45, 2.75) is 52.4 Å². The fraction of sp³-hybridized carbons (Fsp3) is 0.320. The van der Waals surface area contributed by atoms with E-state index in [9.17, 15) is 4.79 Å². The number of rotatable bonds is 4. The Kier molecular flexibility index (Phi) is 6.10. The van der Waals surface area contributed by atoms with E-state index >= 15 is 0 Å². The van der Waals surface area contributed by atoms with E-state index in [1.807, 2.05) is 6.08 Å². The maximum atomic E-state index is 10.8. The van der Waals surface area contributed by atoms with Gasteiger partial charge in [-0.05, 0) is 38.7 Å². The molecule has 0 heterocycles. The van der Waals surface area contributed by atoms with Crippen LogP contribution in [0.25, 0.3) is 5.57 Å². The van der Waals surface area contributed by atoms with Crippen LogP contribution in [0.15, 0.2) is 66.8 Å². The quantitative estimate of drug-likeness (QED) is 0.508. The minimum absolute atomic E-state index is 0.0972. The van der Waals surface area contributed by atoms with E-state index in [2.05, 4.69) is 90.1 Å². The highest BCUT2D eigenvalue weighted by Crippen LogP contribution is 2.29. The van der Waals surface area contributed by atoms with Gasteiger partial charge in [0.2, 0.25) is 0 Å². The van der Waals surface area contributed by atoms with E-state index < -0.39 is 5.97 Å². The molecule has 142 valence electrons. The standard InChI is InChI=1S/C25H30O2/c1-24(2,3)20-14-10-18(11-15-20)22(8-7-9-23(26)27)19-12-16-21(17-13-19)25(4,5)6/h7-17H,1-6H3,(H,26,27). The van der Waals surface area contributed by atoms with Crippen molar-refractivity contribution in [3.8, 4) is 0 Å². The molecule has 0 saturated heterocycles. The number of hydrogen-bond acceptors (Lipinski definition) is 1. The van der Waals surface area contributed by atoms with Gasteiger partial charge in [-0.2, -0.15) is 0 Å². The molecule has 2 aromatic carbocycles. The number of aliphatic carboxylic acids is 1. The number of hydrogen-bond donors (Lipinski definition) is 1. The molecule has 0 spiro atoms. The molecule has 0 aliphatic carbocycles. The average molecular weight is 363 g/mol. The SMILES string of the molecule is CC(C)(C)c1ccc(C(=CC=CC(=O)O)c2ccc(C(C)(C)C)cc2)cc1. The molecule has 0 saturated carbocycles. The highest BCUT2D eigenvalue weighted by atomic mass is 16.4. The van der Waals surface area contributed by atoms with E-state index in [1.165, 1.54) is 11.1 Å². The minimum Gasteiger partial charge on any atom is -0.478 e. The molecule has 2 rings (SSSR count). The summed E-state index contributed by atoms with van der Waals surface area (Å²) >= 11 is 0. The molecular formula is C25H30O2. The zero-order valence-electron chi connectivity index (χ0n) is 17.2. The second-order valence-electron chi connectivity index (χ2n) is 8.93. The van der Waals surface area contributed by atoms with Crippen LogP contribution in [0.3, 0.4) is 0 Å². The van der Waals surface area contributed by atoms with Crippen LogP contribution in [-0.2, 0) is 15.6 Å². The number of carboxylic acids is 1. The van der Waals surface area contributed by atoms with Gasteiger partial charge >= 0.3 is 5.97 Å². The lowest BCUT2D eigenvalue weighted by atomic mass is 9.84. The van der Waals surface area contributed by atoms with Gasteiger partial charge in [0.25, 0.3) is 0 Å². The molecule has 2 heteroatoms. The maximum absolute atomic E-state index is 10.8.